The lowest BCUT2D eigenvalue weighted by atomic mass is 9.80. The Hall–Kier alpha value is -3.70. The summed E-state index contributed by atoms with van der Waals surface area (Å²) in [6.45, 7) is 4.88. The minimum absolute atomic E-state index is 0.240. The van der Waals surface area contributed by atoms with Crippen molar-refractivity contribution in [1.82, 2.24) is 4.90 Å². The van der Waals surface area contributed by atoms with Crippen LogP contribution in [-0.4, -0.2) is 95.9 Å². The lowest BCUT2D eigenvalue weighted by Crippen LogP contribution is -2.34. The summed E-state index contributed by atoms with van der Waals surface area (Å²) in [5.74, 6) is -0.608. The average Bonchev–Trinajstić information content (AvgIpc) is 3.39. The lowest BCUT2D eigenvalue weighted by molar-refractivity contribution is -0.137. The molecule has 3 aromatic carbocycles. The molecule has 9 nitrogen and oxygen atoms in total. The van der Waals surface area contributed by atoms with Gasteiger partial charge in [0, 0.05) is 12.2 Å². The van der Waals surface area contributed by atoms with Gasteiger partial charge in [-0.05, 0) is 16.7 Å². The van der Waals surface area contributed by atoms with Crippen molar-refractivity contribution in [2.45, 2.75) is 5.60 Å². The molecule has 9 heteroatoms. The van der Waals surface area contributed by atoms with Crippen LogP contribution in [-0.2, 0) is 43.6 Å². The molecule has 44 heavy (non-hydrogen) atoms. The van der Waals surface area contributed by atoms with E-state index in [1.54, 1.807) is 0 Å². The van der Waals surface area contributed by atoms with Crippen LogP contribution in [0.2, 0.25) is 0 Å². The highest BCUT2D eigenvalue weighted by molar-refractivity contribution is 6.12. The SMILES string of the molecule is O=C1C=CC(=O)N1CCOCCOCCOCCOCCOCCOC(c1ccccc1)(c1ccccc1)c1ccccc1. The van der Waals surface area contributed by atoms with Crippen molar-refractivity contribution >= 4 is 11.8 Å². The number of hydrogen-bond acceptors (Lipinski definition) is 8. The second-order valence-corrected chi connectivity index (χ2v) is 9.85. The zero-order valence-corrected chi connectivity index (χ0v) is 25.0. The fourth-order valence-electron chi connectivity index (χ4n) is 4.81. The van der Waals surface area contributed by atoms with Crippen molar-refractivity contribution in [2.24, 2.45) is 0 Å². The van der Waals surface area contributed by atoms with Crippen LogP contribution in [0.5, 0.6) is 0 Å². The highest BCUT2D eigenvalue weighted by Gasteiger charge is 2.37. The predicted molar refractivity (Wildman–Crippen MR) is 165 cm³/mol. The van der Waals surface area contributed by atoms with Crippen LogP contribution in [0.1, 0.15) is 16.7 Å². The maximum atomic E-state index is 11.4. The molecule has 1 aliphatic heterocycles. The van der Waals surface area contributed by atoms with Gasteiger partial charge in [-0.2, -0.15) is 0 Å². The first-order valence-corrected chi connectivity index (χ1v) is 14.9. The van der Waals surface area contributed by atoms with Gasteiger partial charge < -0.3 is 28.4 Å². The van der Waals surface area contributed by atoms with Gasteiger partial charge in [0.25, 0.3) is 11.8 Å². The number of amides is 2. The molecule has 0 fully saturated rings. The van der Waals surface area contributed by atoms with Gasteiger partial charge in [0.2, 0.25) is 0 Å². The maximum absolute atomic E-state index is 11.4. The van der Waals surface area contributed by atoms with Crippen molar-refractivity contribution < 1.29 is 38.0 Å². The number of rotatable bonds is 22. The molecule has 0 atom stereocenters. The number of hydrogen-bond donors (Lipinski definition) is 0. The average molecular weight is 604 g/mol. The molecule has 2 amide bonds. The van der Waals surface area contributed by atoms with Crippen molar-refractivity contribution in [2.75, 3.05) is 79.2 Å². The molecule has 0 radical (unpaired) electrons. The number of nitrogens with zero attached hydrogens (tertiary/aromatic N) is 1. The number of ether oxygens (including phenoxy) is 6. The zero-order valence-electron chi connectivity index (χ0n) is 25.0. The Balaban J connectivity index is 1.04. The van der Waals surface area contributed by atoms with E-state index < -0.39 is 5.60 Å². The predicted octanol–water partition coefficient (Wildman–Crippen LogP) is 4.00. The smallest absolute Gasteiger partial charge is 0.253 e. The van der Waals surface area contributed by atoms with Crippen LogP contribution >= 0.6 is 0 Å². The largest absolute Gasteiger partial charge is 0.377 e. The van der Waals surface area contributed by atoms with Crippen molar-refractivity contribution in [1.29, 1.82) is 0 Å². The van der Waals surface area contributed by atoms with Gasteiger partial charge in [-0.3, -0.25) is 14.5 Å². The Bertz CT molecular complexity index is 1150. The Morgan fingerprint density at radius 1 is 0.432 bits per heavy atom. The summed E-state index contributed by atoms with van der Waals surface area (Å²) in [6, 6.07) is 30.8. The molecule has 0 saturated carbocycles. The molecule has 234 valence electrons. The monoisotopic (exact) mass is 603 g/mol. The van der Waals surface area contributed by atoms with E-state index in [2.05, 4.69) is 36.4 Å². The number of benzene rings is 3. The molecule has 3 aromatic rings. The van der Waals surface area contributed by atoms with Crippen LogP contribution < -0.4 is 0 Å². The first kappa shape index (κ1) is 33.2. The first-order valence-electron chi connectivity index (χ1n) is 14.9. The van der Waals surface area contributed by atoms with E-state index in [0.29, 0.717) is 66.1 Å². The minimum Gasteiger partial charge on any atom is -0.377 e. The van der Waals surface area contributed by atoms with Gasteiger partial charge in [-0.15, -0.1) is 0 Å². The van der Waals surface area contributed by atoms with Crippen LogP contribution in [0, 0.1) is 0 Å². The van der Waals surface area contributed by atoms with Crippen LogP contribution in [0.3, 0.4) is 0 Å². The second kappa shape index (κ2) is 18.9. The number of imide groups is 1. The first-order chi connectivity index (χ1) is 21.7. The summed E-state index contributed by atoms with van der Waals surface area (Å²) < 4.78 is 34.5. The van der Waals surface area contributed by atoms with E-state index in [4.69, 9.17) is 28.4 Å². The molecule has 0 saturated heterocycles. The Morgan fingerprint density at radius 2 is 0.750 bits per heavy atom. The summed E-state index contributed by atoms with van der Waals surface area (Å²) in [6.07, 6.45) is 2.52. The molecule has 0 aliphatic carbocycles. The summed E-state index contributed by atoms with van der Waals surface area (Å²) in [4.78, 5) is 24.0. The normalized spacial score (nSPS) is 13.2. The zero-order chi connectivity index (χ0) is 30.7. The van der Waals surface area contributed by atoms with Gasteiger partial charge in [0.1, 0.15) is 5.60 Å². The van der Waals surface area contributed by atoms with E-state index in [-0.39, 0.29) is 25.0 Å². The van der Waals surface area contributed by atoms with E-state index >= 15 is 0 Å². The lowest BCUT2D eigenvalue weighted by Gasteiger charge is -2.36. The summed E-state index contributed by atoms with van der Waals surface area (Å²) >= 11 is 0. The summed E-state index contributed by atoms with van der Waals surface area (Å²) in [7, 11) is 0. The Kier molecular flexibility index (Phi) is 14.2. The van der Waals surface area contributed by atoms with Crippen LogP contribution in [0.25, 0.3) is 0 Å². The van der Waals surface area contributed by atoms with Gasteiger partial charge in [-0.25, -0.2) is 0 Å². The second-order valence-electron chi connectivity index (χ2n) is 9.85. The van der Waals surface area contributed by atoms with Gasteiger partial charge in [0.15, 0.2) is 0 Å². The van der Waals surface area contributed by atoms with Crippen molar-refractivity contribution in [3.8, 4) is 0 Å². The summed E-state index contributed by atoms with van der Waals surface area (Å²) in [5, 5.41) is 0. The fourth-order valence-corrected chi connectivity index (χ4v) is 4.81. The number of carbonyl (C=O) groups excluding carboxylic acids is 2. The van der Waals surface area contributed by atoms with E-state index in [0.717, 1.165) is 21.6 Å². The standard InChI is InChI=1S/C35H41NO8/c37-33-16-17-34(38)36(33)18-19-39-20-21-40-22-23-41-24-25-42-26-27-43-28-29-44-35(30-10-4-1-5-11-30,31-12-6-2-7-13-31)32-14-8-3-9-15-32/h1-17H,18-29H2. The van der Waals surface area contributed by atoms with Crippen LogP contribution in [0.15, 0.2) is 103 Å². The quantitative estimate of drug-likeness (QED) is 0.0967. The molecular formula is C35H41NO8. The maximum Gasteiger partial charge on any atom is 0.253 e. The molecule has 0 N–H and O–H groups in total. The van der Waals surface area contributed by atoms with Gasteiger partial charge in [-0.1, -0.05) is 91.0 Å². The van der Waals surface area contributed by atoms with E-state index in [9.17, 15) is 9.59 Å². The molecule has 0 bridgehead atoms. The molecule has 1 aliphatic rings. The third-order valence-electron chi connectivity index (χ3n) is 6.93. The Labute approximate surface area is 259 Å². The molecular weight excluding hydrogens is 562 g/mol. The van der Waals surface area contributed by atoms with E-state index in [1.807, 2.05) is 54.6 Å². The fraction of sp³-hybridized carbons (Fsp3) is 0.371. The number of carbonyl (C=O) groups is 2. The van der Waals surface area contributed by atoms with Crippen LogP contribution in [0.4, 0.5) is 0 Å². The summed E-state index contributed by atoms with van der Waals surface area (Å²) in [5.41, 5.74) is 2.42. The molecule has 0 spiro atoms. The Morgan fingerprint density at radius 3 is 1.11 bits per heavy atom. The molecule has 0 unspecified atom stereocenters. The highest BCUT2D eigenvalue weighted by Crippen LogP contribution is 2.40. The topological polar surface area (TPSA) is 92.8 Å². The minimum atomic E-state index is -0.758. The third-order valence-corrected chi connectivity index (χ3v) is 6.93. The third kappa shape index (κ3) is 9.92. The van der Waals surface area contributed by atoms with E-state index in [1.165, 1.54) is 12.2 Å². The highest BCUT2D eigenvalue weighted by atomic mass is 16.6. The molecule has 0 aromatic heterocycles. The van der Waals surface area contributed by atoms with Crippen molar-refractivity contribution in [3.63, 3.8) is 0 Å². The van der Waals surface area contributed by atoms with Gasteiger partial charge in [0.05, 0.1) is 79.2 Å². The molecule has 4 rings (SSSR count). The molecule has 1 heterocycles. The van der Waals surface area contributed by atoms with Crippen molar-refractivity contribution in [3.05, 3.63) is 120 Å². The van der Waals surface area contributed by atoms with Gasteiger partial charge >= 0.3 is 0 Å².